The van der Waals surface area contributed by atoms with Crippen molar-refractivity contribution in [1.29, 1.82) is 0 Å². The Bertz CT molecular complexity index is 2300. The highest BCUT2D eigenvalue weighted by Crippen LogP contribution is 2.47. The molecule has 0 aliphatic carbocycles. The summed E-state index contributed by atoms with van der Waals surface area (Å²) in [6.07, 6.45) is 3.46. The average molecular weight is 903 g/mol. The molecule has 0 saturated carbocycles. The molecule has 5 amide bonds. The van der Waals surface area contributed by atoms with Gasteiger partial charge in [-0.05, 0) is 103 Å². The van der Waals surface area contributed by atoms with Crippen LogP contribution in [0.4, 0.5) is 32.5 Å². The molecule has 3 aliphatic rings. The maximum absolute atomic E-state index is 13.7. The Morgan fingerprint density at radius 1 is 0.652 bits per heavy atom. The van der Waals surface area contributed by atoms with Gasteiger partial charge in [-0.15, -0.1) is 0 Å². The number of anilines is 4. The molecular formula is C50H62N8O8. The summed E-state index contributed by atoms with van der Waals surface area (Å²) in [7, 11) is 2.52. The smallest absolute Gasteiger partial charge is 0.407 e. The molecule has 3 aromatic carbocycles. The summed E-state index contributed by atoms with van der Waals surface area (Å²) >= 11 is 0. The van der Waals surface area contributed by atoms with Crippen LogP contribution in [0.2, 0.25) is 0 Å². The second-order valence-corrected chi connectivity index (χ2v) is 17.7. The number of nitrogens with one attached hydrogen (secondary N) is 4. The monoisotopic (exact) mass is 902 g/mol. The lowest BCUT2D eigenvalue weighted by Gasteiger charge is -2.33. The van der Waals surface area contributed by atoms with Gasteiger partial charge in [0.2, 0.25) is 17.7 Å². The van der Waals surface area contributed by atoms with E-state index in [-0.39, 0.29) is 41.6 Å². The number of benzene rings is 3. The second kappa shape index (κ2) is 21.5. The third-order valence-electron chi connectivity index (χ3n) is 12.7. The van der Waals surface area contributed by atoms with Crippen LogP contribution in [0.15, 0.2) is 91.1 Å². The summed E-state index contributed by atoms with van der Waals surface area (Å²) in [5.41, 5.74) is 6.50. The molecule has 3 saturated heterocycles. The number of pyridine rings is 1. The van der Waals surface area contributed by atoms with Crippen LogP contribution in [-0.4, -0.2) is 105 Å². The number of hydrogen-bond acceptors (Lipinski definition) is 11. The molecule has 5 atom stereocenters. The van der Waals surface area contributed by atoms with E-state index in [0.29, 0.717) is 44.0 Å². The molecule has 3 fully saturated rings. The minimum absolute atomic E-state index is 0.00178. The molecule has 4 heterocycles. The van der Waals surface area contributed by atoms with E-state index in [2.05, 4.69) is 67.5 Å². The minimum Gasteiger partial charge on any atom is -0.453 e. The summed E-state index contributed by atoms with van der Waals surface area (Å²) in [5, 5.41) is 11.2. The van der Waals surface area contributed by atoms with E-state index in [9.17, 15) is 24.0 Å². The van der Waals surface area contributed by atoms with Crippen molar-refractivity contribution in [1.82, 2.24) is 20.5 Å². The molecule has 16 nitrogen and oxygen atoms in total. The second-order valence-electron chi connectivity index (χ2n) is 17.7. The van der Waals surface area contributed by atoms with Gasteiger partial charge in [0.15, 0.2) is 0 Å². The van der Waals surface area contributed by atoms with Gasteiger partial charge in [0.1, 0.15) is 23.9 Å². The summed E-state index contributed by atoms with van der Waals surface area (Å²) < 4.78 is 15.0. The highest BCUT2D eigenvalue weighted by molar-refractivity contribution is 5.99. The van der Waals surface area contributed by atoms with Crippen molar-refractivity contribution in [3.05, 3.63) is 102 Å². The molecule has 7 rings (SSSR count). The average Bonchev–Trinajstić information content (AvgIpc) is 4.02. The van der Waals surface area contributed by atoms with Gasteiger partial charge in [0.25, 0.3) is 0 Å². The van der Waals surface area contributed by atoms with Crippen molar-refractivity contribution in [2.45, 2.75) is 83.6 Å². The predicted molar refractivity (Wildman–Crippen MR) is 253 cm³/mol. The Balaban J connectivity index is 1.10. The quantitative estimate of drug-likeness (QED) is 0.0997. The van der Waals surface area contributed by atoms with Gasteiger partial charge in [-0.2, -0.15) is 0 Å². The predicted octanol–water partition coefficient (Wildman–Crippen LogP) is 7.30. The maximum atomic E-state index is 13.7. The van der Waals surface area contributed by atoms with E-state index in [0.717, 1.165) is 59.7 Å². The van der Waals surface area contributed by atoms with Gasteiger partial charge in [0, 0.05) is 48.5 Å². The molecule has 1 aromatic heterocycles. The first kappa shape index (κ1) is 47.3. The molecule has 0 unspecified atom stereocenters. The van der Waals surface area contributed by atoms with E-state index in [1.807, 2.05) is 82.4 Å². The summed E-state index contributed by atoms with van der Waals surface area (Å²) in [6, 6.07) is 26.2. The van der Waals surface area contributed by atoms with Gasteiger partial charge in [0.05, 0.1) is 39.5 Å². The van der Waals surface area contributed by atoms with E-state index >= 15 is 0 Å². The van der Waals surface area contributed by atoms with Crippen LogP contribution in [0.1, 0.15) is 76.6 Å². The number of likely N-dealkylation sites (tertiary alicyclic amines) is 1. The van der Waals surface area contributed by atoms with Gasteiger partial charge in [-0.3, -0.25) is 14.4 Å². The number of rotatable bonds is 14. The number of aromatic nitrogens is 1. The van der Waals surface area contributed by atoms with Gasteiger partial charge < -0.3 is 50.2 Å². The lowest BCUT2D eigenvalue weighted by atomic mass is 10.0. The van der Waals surface area contributed by atoms with Crippen molar-refractivity contribution in [2.24, 2.45) is 11.8 Å². The molecular weight excluding hydrogens is 841 g/mol. The summed E-state index contributed by atoms with van der Waals surface area (Å²) in [5.74, 6) is -0.346. The van der Waals surface area contributed by atoms with Crippen LogP contribution in [0.5, 0.6) is 0 Å². The number of ether oxygens (including phenoxy) is 3. The normalized spacial score (nSPS) is 19.3. The fraction of sp³-hybridized carbons (Fsp3) is 0.440. The number of carbonyl (C=O) groups is 5. The summed E-state index contributed by atoms with van der Waals surface area (Å²) in [6.45, 7) is 10.8. The van der Waals surface area contributed by atoms with Crippen LogP contribution in [0, 0.1) is 11.8 Å². The Morgan fingerprint density at radius 2 is 1.20 bits per heavy atom. The van der Waals surface area contributed by atoms with Gasteiger partial charge in [-0.1, -0.05) is 64.1 Å². The molecule has 0 spiro atoms. The van der Waals surface area contributed by atoms with Gasteiger partial charge in [-0.25, -0.2) is 14.6 Å². The summed E-state index contributed by atoms with van der Waals surface area (Å²) in [4.78, 5) is 75.5. The van der Waals surface area contributed by atoms with Crippen molar-refractivity contribution in [3.63, 3.8) is 0 Å². The standard InChI is InChI=1S/C50H62N8O8/c1-31(2)44(54-49(62)64-5)47(60)53-38-18-11-35(12-19-38)41-23-22-40(58(41)39-20-13-33(14-21-39)36-15-24-43(51-30-36)56-26-28-66-29-27-56)34-9-16-37(17-10-34)52-46(59)42-8-7-25-57(42)48(61)45(32(3)4)55-50(63)65-6/h9-21,24,30-32,40-42,44-45H,7-8,22-23,25-29H2,1-6H3,(H,52,59)(H,53,60)(H,54,62)(H,55,63)/t40-,41+,42-,44-,45-/m0/s1. The highest BCUT2D eigenvalue weighted by Gasteiger charge is 2.39. The number of hydrogen-bond donors (Lipinski definition) is 4. The van der Waals surface area contributed by atoms with Crippen LogP contribution < -0.4 is 31.1 Å². The number of nitrogens with zero attached hydrogens (tertiary/aromatic N) is 4. The molecule has 66 heavy (non-hydrogen) atoms. The maximum Gasteiger partial charge on any atom is 0.407 e. The third-order valence-corrected chi connectivity index (χ3v) is 12.7. The van der Waals surface area contributed by atoms with Crippen molar-refractivity contribution >= 4 is 52.8 Å². The lowest BCUT2D eigenvalue weighted by molar-refractivity contribution is -0.139. The fourth-order valence-electron chi connectivity index (χ4n) is 9.11. The number of methoxy groups -OCH3 is 2. The first-order valence-corrected chi connectivity index (χ1v) is 22.8. The van der Waals surface area contributed by atoms with E-state index < -0.39 is 30.3 Å². The Kier molecular flexibility index (Phi) is 15.4. The number of alkyl carbamates (subject to hydrolysis) is 2. The third kappa shape index (κ3) is 11.0. The van der Waals surface area contributed by atoms with Crippen LogP contribution in [0.3, 0.4) is 0 Å². The fourth-order valence-corrected chi connectivity index (χ4v) is 9.11. The SMILES string of the molecule is COC(=O)N[C@H](C(=O)Nc1ccc([C@H]2CC[C@@H](c3ccc(NC(=O)[C@@H]4CCCN4C(=O)[C@@H](NC(=O)OC)C(C)C)cc3)N2c2ccc(-c3ccc(N4CCOCC4)nc3)cc2)cc1)C(C)C. The first-order chi connectivity index (χ1) is 31.8. The van der Waals surface area contributed by atoms with E-state index in [1.54, 1.807) is 4.90 Å². The molecule has 16 heteroatoms. The lowest BCUT2D eigenvalue weighted by Crippen LogP contribution is -2.54. The Morgan fingerprint density at radius 3 is 1.73 bits per heavy atom. The van der Waals surface area contributed by atoms with Crippen LogP contribution in [-0.2, 0) is 28.6 Å². The zero-order valence-corrected chi connectivity index (χ0v) is 38.6. The number of morpholine rings is 1. The molecule has 3 aliphatic heterocycles. The largest absolute Gasteiger partial charge is 0.453 e. The zero-order chi connectivity index (χ0) is 46.9. The van der Waals surface area contributed by atoms with Crippen molar-refractivity contribution in [3.8, 4) is 11.1 Å². The first-order valence-electron chi connectivity index (χ1n) is 22.8. The molecule has 0 bridgehead atoms. The van der Waals surface area contributed by atoms with Gasteiger partial charge >= 0.3 is 12.2 Å². The Hall–Kier alpha value is -6.68. The molecule has 0 radical (unpaired) electrons. The number of carbonyl (C=O) groups excluding carboxylic acids is 5. The van der Waals surface area contributed by atoms with Crippen molar-refractivity contribution < 1.29 is 38.2 Å². The van der Waals surface area contributed by atoms with E-state index in [4.69, 9.17) is 19.2 Å². The van der Waals surface area contributed by atoms with Crippen LogP contribution in [0.25, 0.3) is 11.1 Å². The molecule has 4 N–H and O–H groups in total. The number of amides is 5. The zero-order valence-electron chi connectivity index (χ0n) is 38.6. The minimum atomic E-state index is -0.818. The van der Waals surface area contributed by atoms with Crippen LogP contribution >= 0.6 is 0 Å². The Labute approximate surface area is 386 Å². The molecule has 4 aromatic rings. The topological polar surface area (TPSA) is 184 Å². The highest BCUT2D eigenvalue weighted by atomic mass is 16.5. The van der Waals surface area contributed by atoms with Crippen molar-refractivity contribution in [2.75, 3.05) is 67.5 Å². The molecule has 350 valence electrons. The van der Waals surface area contributed by atoms with E-state index in [1.165, 1.54) is 14.2 Å².